The maximum Gasteiger partial charge on any atom is 0.245 e. The normalized spacial score (nSPS) is 11.5. The van der Waals surface area contributed by atoms with Gasteiger partial charge in [-0.25, -0.2) is 17.2 Å². The number of hydrogen-bond acceptors (Lipinski definition) is 3. The maximum atomic E-state index is 13.7. The van der Waals surface area contributed by atoms with Crippen molar-refractivity contribution in [2.75, 3.05) is 22.4 Å². The molecule has 0 aromatic heterocycles. The van der Waals surface area contributed by atoms with Crippen LogP contribution >= 0.6 is 0 Å². The molecule has 2 aromatic rings. The molecule has 0 fully saturated rings. The van der Waals surface area contributed by atoms with Gasteiger partial charge in [-0.15, -0.1) is 0 Å². The molecule has 0 radical (unpaired) electrons. The number of anilines is 2. The summed E-state index contributed by atoms with van der Waals surface area (Å²) >= 11 is 0. The molecule has 5 nitrogen and oxygen atoms in total. The summed E-state index contributed by atoms with van der Waals surface area (Å²) in [4.78, 5) is 12.3. The number of nitrogens with zero attached hydrogens (tertiary/aromatic N) is 1. The van der Waals surface area contributed by atoms with Gasteiger partial charge < -0.3 is 5.32 Å². The van der Waals surface area contributed by atoms with E-state index in [1.54, 1.807) is 24.3 Å². The molecule has 0 aliphatic heterocycles. The molecule has 1 N–H and O–H groups in total. The molecule has 0 spiro atoms. The lowest BCUT2D eigenvalue weighted by molar-refractivity contribution is -0.114. The zero-order valence-corrected chi connectivity index (χ0v) is 15.5. The van der Waals surface area contributed by atoms with E-state index < -0.39 is 39.8 Å². The Morgan fingerprint density at radius 1 is 1.08 bits per heavy atom. The Morgan fingerprint density at radius 3 is 2.19 bits per heavy atom. The lowest BCUT2D eigenvalue weighted by atomic mass is 10.0. The first-order valence-corrected chi connectivity index (χ1v) is 9.76. The van der Waals surface area contributed by atoms with Crippen LogP contribution in [0.5, 0.6) is 0 Å². The number of carbonyl (C=O) groups excluding carboxylic acids is 1. The van der Waals surface area contributed by atoms with Gasteiger partial charge in [0.1, 0.15) is 23.9 Å². The molecule has 0 aliphatic carbocycles. The standard InChI is InChI=1S/C18H20F2N2O3S/c1-12(2)13-7-4-5-10-16(13)22(26(3,24)25)11-17(23)21-18-14(19)8-6-9-15(18)20/h4-10,12H,11H2,1-3H3,(H,21,23). The highest BCUT2D eigenvalue weighted by Crippen LogP contribution is 2.29. The minimum atomic E-state index is -3.80. The average Bonchev–Trinajstić information content (AvgIpc) is 2.55. The number of rotatable bonds is 6. The molecule has 0 heterocycles. The van der Waals surface area contributed by atoms with Crippen molar-refractivity contribution < 1.29 is 22.0 Å². The van der Waals surface area contributed by atoms with E-state index >= 15 is 0 Å². The first-order valence-electron chi connectivity index (χ1n) is 7.91. The van der Waals surface area contributed by atoms with Crippen molar-refractivity contribution in [1.82, 2.24) is 0 Å². The van der Waals surface area contributed by atoms with Crippen molar-refractivity contribution in [2.45, 2.75) is 19.8 Å². The third-order valence-corrected chi connectivity index (χ3v) is 4.87. The third-order valence-electron chi connectivity index (χ3n) is 3.74. The number of amides is 1. The topological polar surface area (TPSA) is 66.5 Å². The van der Waals surface area contributed by atoms with E-state index in [0.29, 0.717) is 5.69 Å². The van der Waals surface area contributed by atoms with Crippen LogP contribution in [0.1, 0.15) is 25.3 Å². The predicted octanol–water partition coefficient (Wildman–Crippen LogP) is 3.49. The summed E-state index contributed by atoms with van der Waals surface area (Å²) in [5.74, 6) is -2.71. The number of carbonyl (C=O) groups is 1. The van der Waals surface area contributed by atoms with Crippen LogP contribution in [-0.4, -0.2) is 27.1 Å². The number of hydrogen-bond donors (Lipinski definition) is 1. The van der Waals surface area contributed by atoms with Gasteiger partial charge in [0.25, 0.3) is 0 Å². The van der Waals surface area contributed by atoms with Gasteiger partial charge >= 0.3 is 0 Å². The first-order chi connectivity index (χ1) is 12.1. The largest absolute Gasteiger partial charge is 0.320 e. The number of halogens is 2. The van der Waals surface area contributed by atoms with E-state index in [0.717, 1.165) is 28.3 Å². The summed E-state index contributed by atoms with van der Waals surface area (Å²) in [6.45, 7) is 3.19. The molecule has 2 rings (SSSR count). The van der Waals surface area contributed by atoms with Crippen LogP contribution in [0.25, 0.3) is 0 Å². The first kappa shape index (κ1) is 19.8. The van der Waals surface area contributed by atoms with Crippen molar-refractivity contribution in [2.24, 2.45) is 0 Å². The second-order valence-electron chi connectivity index (χ2n) is 6.13. The number of para-hydroxylation sites is 2. The molecular weight excluding hydrogens is 362 g/mol. The fourth-order valence-corrected chi connectivity index (χ4v) is 3.39. The molecule has 0 bridgehead atoms. The Balaban J connectivity index is 2.35. The molecule has 2 aromatic carbocycles. The minimum Gasteiger partial charge on any atom is -0.320 e. The van der Waals surface area contributed by atoms with E-state index in [1.165, 1.54) is 6.07 Å². The maximum absolute atomic E-state index is 13.7. The van der Waals surface area contributed by atoms with Gasteiger partial charge in [0, 0.05) is 0 Å². The Morgan fingerprint density at radius 2 is 1.65 bits per heavy atom. The molecule has 140 valence electrons. The van der Waals surface area contributed by atoms with Gasteiger partial charge in [0.05, 0.1) is 11.9 Å². The van der Waals surface area contributed by atoms with E-state index in [1.807, 2.05) is 13.8 Å². The monoisotopic (exact) mass is 382 g/mol. The van der Waals surface area contributed by atoms with Gasteiger partial charge in [0.15, 0.2) is 0 Å². The van der Waals surface area contributed by atoms with Crippen LogP contribution in [0.3, 0.4) is 0 Å². The SMILES string of the molecule is CC(C)c1ccccc1N(CC(=O)Nc1c(F)cccc1F)S(C)(=O)=O. The zero-order valence-electron chi connectivity index (χ0n) is 14.7. The Bertz CT molecular complexity index is 894. The molecule has 0 atom stereocenters. The van der Waals surface area contributed by atoms with Crippen LogP contribution in [-0.2, 0) is 14.8 Å². The Hall–Kier alpha value is -2.48. The van der Waals surface area contributed by atoms with Crippen molar-refractivity contribution in [3.05, 3.63) is 59.7 Å². The molecule has 1 amide bonds. The second-order valence-corrected chi connectivity index (χ2v) is 8.03. The van der Waals surface area contributed by atoms with E-state index in [9.17, 15) is 22.0 Å². The van der Waals surface area contributed by atoms with E-state index in [2.05, 4.69) is 5.32 Å². The number of sulfonamides is 1. The minimum absolute atomic E-state index is 0.0162. The van der Waals surface area contributed by atoms with Crippen molar-refractivity contribution in [3.8, 4) is 0 Å². The summed E-state index contributed by atoms with van der Waals surface area (Å²) in [5, 5.41) is 2.10. The van der Waals surface area contributed by atoms with Crippen LogP contribution < -0.4 is 9.62 Å². The Labute approximate surface area is 151 Å². The molecule has 0 saturated carbocycles. The summed E-state index contributed by atoms with van der Waals surface area (Å²) < 4.78 is 52.8. The zero-order chi connectivity index (χ0) is 19.5. The Kier molecular flexibility index (Phi) is 5.97. The molecule has 8 heteroatoms. The molecule has 0 unspecified atom stereocenters. The molecule has 0 aliphatic rings. The number of benzene rings is 2. The highest BCUT2D eigenvalue weighted by molar-refractivity contribution is 7.92. The van der Waals surface area contributed by atoms with E-state index in [4.69, 9.17) is 0 Å². The fraction of sp³-hybridized carbons (Fsp3) is 0.278. The quantitative estimate of drug-likeness (QED) is 0.832. The number of nitrogens with one attached hydrogen (secondary N) is 1. The highest BCUT2D eigenvalue weighted by Gasteiger charge is 2.24. The van der Waals surface area contributed by atoms with Crippen molar-refractivity contribution in [1.29, 1.82) is 0 Å². The van der Waals surface area contributed by atoms with Crippen LogP contribution in [0, 0.1) is 11.6 Å². The predicted molar refractivity (Wildman–Crippen MR) is 97.7 cm³/mol. The van der Waals surface area contributed by atoms with Crippen LogP contribution in [0.15, 0.2) is 42.5 Å². The van der Waals surface area contributed by atoms with Gasteiger partial charge in [-0.05, 0) is 29.7 Å². The second kappa shape index (κ2) is 7.82. The average molecular weight is 382 g/mol. The van der Waals surface area contributed by atoms with Gasteiger partial charge in [-0.2, -0.15) is 0 Å². The molecule has 0 saturated heterocycles. The summed E-state index contributed by atoms with van der Waals surface area (Å²) in [7, 11) is -3.80. The fourth-order valence-electron chi connectivity index (χ4n) is 2.51. The molecular formula is C18H20F2N2O3S. The summed E-state index contributed by atoms with van der Waals surface area (Å²) in [6, 6.07) is 9.96. The lowest BCUT2D eigenvalue weighted by Gasteiger charge is -2.25. The van der Waals surface area contributed by atoms with Gasteiger partial charge in [-0.3, -0.25) is 9.10 Å². The highest BCUT2D eigenvalue weighted by atomic mass is 32.2. The van der Waals surface area contributed by atoms with Gasteiger partial charge in [-0.1, -0.05) is 38.1 Å². The summed E-state index contributed by atoms with van der Waals surface area (Å²) in [5.41, 5.74) is 0.486. The van der Waals surface area contributed by atoms with E-state index in [-0.39, 0.29) is 5.92 Å². The van der Waals surface area contributed by atoms with Crippen LogP contribution in [0.2, 0.25) is 0 Å². The lowest BCUT2D eigenvalue weighted by Crippen LogP contribution is -2.38. The van der Waals surface area contributed by atoms with Crippen molar-refractivity contribution in [3.63, 3.8) is 0 Å². The van der Waals surface area contributed by atoms with Gasteiger partial charge in [0.2, 0.25) is 15.9 Å². The van der Waals surface area contributed by atoms with Crippen molar-refractivity contribution >= 4 is 27.3 Å². The third kappa shape index (κ3) is 4.57. The molecule has 26 heavy (non-hydrogen) atoms. The van der Waals surface area contributed by atoms with Crippen LogP contribution in [0.4, 0.5) is 20.2 Å². The smallest absolute Gasteiger partial charge is 0.245 e. The summed E-state index contributed by atoms with van der Waals surface area (Å²) in [6.07, 6.45) is 0.973.